The second kappa shape index (κ2) is 8.67. The van der Waals surface area contributed by atoms with Crippen molar-refractivity contribution in [3.63, 3.8) is 0 Å². The predicted molar refractivity (Wildman–Crippen MR) is 112 cm³/mol. The Labute approximate surface area is 167 Å². The van der Waals surface area contributed by atoms with Gasteiger partial charge in [0.15, 0.2) is 0 Å². The van der Waals surface area contributed by atoms with E-state index >= 15 is 0 Å². The number of aliphatic hydroxyl groups is 1. The number of aliphatic hydroxyl groups excluding tert-OH is 1. The minimum absolute atomic E-state index is 0.384. The Morgan fingerprint density at radius 1 is 1.22 bits per heavy atom. The van der Waals surface area contributed by atoms with Gasteiger partial charge in [0.1, 0.15) is 15.7 Å². The van der Waals surface area contributed by atoms with Gasteiger partial charge in [-0.2, -0.15) is 0 Å². The Bertz CT molecular complexity index is 895. The molecule has 0 bridgehead atoms. The van der Waals surface area contributed by atoms with E-state index in [-0.39, 0.29) is 6.10 Å². The van der Waals surface area contributed by atoms with Crippen LogP contribution in [0, 0.1) is 6.92 Å². The van der Waals surface area contributed by atoms with Crippen LogP contribution < -0.4 is 0 Å². The number of thiophene rings is 1. The SMILES string of the molecule is Cc1nc(SC[C@H](O)CN2CCOCC2)c2cc(-c3ccccc3)sc2n1. The Kier molecular flexibility index (Phi) is 6.04. The standard InChI is InChI=1S/C20H23N3O2S2/c1-14-21-19(26-13-16(24)12-23-7-9-25-10-8-23)17-11-18(27-20(17)22-14)15-5-3-2-4-6-15/h2-6,11,16,24H,7-10,12-13H2,1H3/t16-/m1/s1. The number of benzene rings is 1. The summed E-state index contributed by atoms with van der Waals surface area (Å²) in [6.45, 7) is 5.90. The third-order valence-electron chi connectivity index (χ3n) is 4.51. The number of morpholine rings is 1. The van der Waals surface area contributed by atoms with Gasteiger partial charge < -0.3 is 9.84 Å². The first kappa shape index (κ1) is 18.8. The molecule has 27 heavy (non-hydrogen) atoms. The monoisotopic (exact) mass is 401 g/mol. The maximum Gasteiger partial charge on any atom is 0.128 e. The predicted octanol–water partition coefficient (Wildman–Crippen LogP) is 3.45. The summed E-state index contributed by atoms with van der Waals surface area (Å²) in [5.74, 6) is 1.40. The number of fused-ring (bicyclic) bond motifs is 1. The van der Waals surface area contributed by atoms with Gasteiger partial charge in [-0.15, -0.1) is 23.1 Å². The van der Waals surface area contributed by atoms with E-state index in [1.54, 1.807) is 23.1 Å². The number of rotatable bonds is 6. The van der Waals surface area contributed by atoms with E-state index < -0.39 is 0 Å². The van der Waals surface area contributed by atoms with Crippen LogP contribution in [0.1, 0.15) is 5.82 Å². The van der Waals surface area contributed by atoms with Gasteiger partial charge in [-0.1, -0.05) is 30.3 Å². The minimum atomic E-state index is -0.384. The van der Waals surface area contributed by atoms with E-state index in [2.05, 4.69) is 33.1 Å². The van der Waals surface area contributed by atoms with Gasteiger partial charge in [-0.3, -0.25) is 4.90 Å². The van der Waals surface area contributed by atoms with Gasteiger partial charge in [0.05, 0.1) is 19.3 Å². The summed E-state index contributed by atoms with van der Waals surface area (Å²) in [7, 11) is 0. The minimum Gasteiger partial charge on any atom is -0.391 e. The molecular formula is C20H23N3O2S2. The molecule has 0 saturated carbocycles. The number of hydrogen-bond donors (Lipinski definition) is 1. The number of β-amino-alcohol motifs (C(OH)–C–C–N with tert-alkyl or cyclic N) is 1. The second-order valence-corrected chi connectivity index (χ2v) is 8.69. The fourth-order valence-corrected chi connectivity index (χ4v) is 5.27. The molecule has 7 heteroatoms. The fourth-order valence-electron chi connectivity index (χ4n) is 3.16. The first-order valence-electron chi connectivity index (χ1n) is 9.13. The highest BCUT2D eigenvalue weighted by atomic mass is 32.2. The van der Waals surface area contributed by atoms with E-state index in [0.717, 1.165) is 47.4 Å². The molecule has 142 valence electrons. The van der Waals surface area contributed by atoms with Crippen LogP contribution in [0.3, 0.4) is 0 Å². The third-order valence-corrected chi connectivity index (χ3v) is 6.73. The lowest BCUT2D eigenvalue weighted by molar-refractivity contribution is 0.0188. The number of ether oxygens (including phenoxy) is 1. The van der Waals surface area contributed by atoms with Crippen LogP contribution in [0.4, 0.5) is 0 Å². The van der Waals surface area contributed by atoms with Crippen LogP contribution in [0.5, 0.6) is 0 Å². The molecule has 0 unspecified atom stereocenters. The zero-order chi connectivity index (χ0) is 18.6. The third kappa shape index (κ3) is 4.67. The quantitative estimate of drug-likeness (QED) is 0.504. The van der Waals surface area contributed by atoms with Gasteiger partial charge in [-0.25, -0.2) is 9.97 Å². The highest BCUT2D eigenvalue weighted by Crippen LogP contribution is 2.36. The maximum atomic E-state index is 10.4. The van der Waals surface area contributed by atoms with Crippen molar-refractivity contribution in [2.45, 2.75) is 18.1 Å². The molecule has 1 saturated heterocycles. The Morgan fingerprint density at radius 2 is 2.00 bits per heavy atom. The highest BCUT2D eigenvalue weighted by molar-refractivity contribution is 7.99. The van der Waals surface area contributed by atoms with Crippen LogP contribution in [-0.4, -0.2) is 64.7 Å². The van der Waals surface area contributed by atoms with Gasteiger partial charge in [-0.05, 0) is 18.6 Å². The number of thioether (sulfide) groups is 1. The van der Waals surface area contributed by atoms with Gasteiger partial charge in [0.2, 0.25) is 0 Å². The molecule has 0 radical (unpaired) electrons. The van der Waals surface area contributed by atoms with Crippen molar-refractivity contribution in [3.05, 3.63) is 42.2 Å². The maximum absolute atomic E-state index is 10.4. The Balaban J connectivity index is 1.50. The van der Waals surface area contributed by atoms with Crippen molar-refractivity contribution in [2.75, 3.05) is 38.6 Å². The normalized spacial score (nSPS) is 16.7. The summed E-state index contributed by atoms with van der Waals surface area (Å²) < 4.78 is 5.37. The van der Waals surface area contributed by atoms with Crippen LogP contribution >= 0.6 is 23.1 Å². The average Bonchev–Trinajstić information content (AvgIpc) is 3.11. The van der Waals surface area contributed by atoms with Crippen LogP contribution in [0.2, 0.25) is 0 Å². The van der Waals surface area contributed by atoms with E-state index in [1.165, 1.54) is 10.4 Å². The number of hydrogen-bond acceptors (Lipinski definition) is 7. The Morgan fingerprint density at radius 3 is 2.78 bits per heavy atom. The lowest BCUT2D eigenvalue weighted by Gasteiger charge is -2.28. The summed E-state index contributed by atoms with van der Waals surface area (Å²) in [5, 5.41) is 12.5. The lowest BCUT2D eigenvalue weighted by Crippen LogP contribution is -2.41. The summed E-state index contributed by atoms with van der Waals surface area (Å²) in [5.41, 5.74) is 1.20. The molecule has 0 spiro atoms. The summed E-state index contributed by atoms with van der Waals surface area (Å²) >= 11 is 3.31. The van der Waals surface area contributed by atoms with E-state index in [4.69, 9.17) is 4.74 Å². The zero-order valence-electron chi connectivity index (χ0n) is 15.3. The first-order valence-corrected chi connectivity index (χ1v) is 10.9. The number of aromatic nitrogens is 2. The molecule has 2 aromatic heterocycles. The average molecular weight is 402 g/mol. The molecule has 0 aliphatic carbocycles. The van der Waals surface area contributed by atoms with Crippen molar-refractivity contribution in [1.82, 2.24) is 14.9 Å². The lowest BCUT2D eigenvalue weighted by atomic mass is 10.2. The summed E-state index contributed by atoms with van der Waals surface area (Å²) in [6, 6.07) is 12.5. The summed E-state index contributed by atoms with van der Waals surface area (Å²) in [4.78, 5) is 13.7. The van der Waals surface area contributed by atoms with Gasteiger partial charge in [0.25, 0.3) is 0 Å². The van der Waals surface area contributed by atoms with Crippen molar-refractivity contribution in [1.29, 1.82) is 0 Å². The van der Waals surface area contributed by atoms with E-state index in [9.17, 15) is 5.11 Å². The van der Waals surface area contributed by atoms with E-state index in [1.807, 2.05) is 25.1 Å². The molecular weight excluding hydrogens is 378 g/mol. The molecule has 1 atom stereocenters. The van der Waals surface area contributed by atoms with Crippen LogP contribution in [-0.2, 0) is 4.74 Å². The Hall–Kier alpha value is -1.51. The highest BCUT2D eigenvalue weighted by Gasteiger charge is 2.17. The van der Waals surface area contributed by atoms with Crippen molar-refractivity contribution in [3.8, 4) is 10.4 Å². The smallest absolute Gasteiger partial charge is 0.128 e. The molecule has 1 aliphatic heterocycles. The van der Waals surface area contributed by atoms with Crippen LogP contribution in [0.25, 0.3) is 20.7 Å². The molecule has 4 rings (SSSR count). The molecule has 1 aromatic carbocycles. The molecule has 3 heterocycles. The van der Waals surface area contributed by atoms with Gasteiger partial charge in [0, 0.05) is 35.7 Å². The summed E-state index contributed by atoms with van der Waals surface area (Å²) in [6.07, 6.45) is -0.384. The van der Waals surface area contributed by atoms with Crippen LogP contribution in [0.15, 0.2) is 41.4 Å². The molecule has 1 N–H and O–H groups in total. The molecule has 5 nitrogen and oxygen atoms in total. The second-order valence-electron chi connectivity index (χ2n) is 6.65. The zero-order valence-corrected chi connectivity index (χ0v) is 16.9. The van der Waals surface area contributed by atoms with Gasteiger partial charge >= 0.3 is 0 Å². The van der Waals surface area contributed by atoms with Crippen molar-refractivity contribution >= 4 is 33.3 Å². The number of nitrogens with zero attached hydrogens (tertiary/aromatic N) is 3. The number of aryl methyl sites for hydroxylation is 1. The van der Waals surface area contributed by atoms with Crippen molar-refractivity contribution < 1.29 is 9.84 Å². The molecule has 3 aromatic rings. The molecule has 0 amide bonds. The largest absolute Gasteiger partial charge is 0.391 e. The van der Waals surface area contributed by atoms with E-state index in [0.29, 0.717) is 12.3 Å². The fraction of sp³-hybridized carbons (Fsp3) is 0.400. The first-order chi connectivity index (χ1) is 13.2. The topological polar surface area (TPSA) is 58.5 Å². The molecule has 1 fully saturated rings. The van der Waals surface area contributed by atoms with Crippen molar-refractivity contribution in [2.24, 2.45) is 0 Å². The molecule has 1 aliphatic rings.